The molecule has 1 aromatic carbocycles. The van der Waals surface area contributed by atoms with E-state index in [2.05, 4.69) is 58.8 Å². The van der Waals surface area contributed by atoms with Crippen LogP contribution in [0.1, 0.15) is 31.1 Å². The number of hydrogen-bond acceptors (Lipinski definition) is 3. The number of rotatable bonds is 4. The average molecular weight is 280 g/mol. The molecule has 0 saturated carbocycles. The third-order valence-electron chi connectivity index (χ3n) is 3.73. The van der Waals surface area contributed by atoms with Crippen molar-refractivity contribution in [3.63, 3.8) is 0 Å². The highest BCUT2D eigenvalue weighted by molar-refractivity contribution is 5.93. The highest BCUT2D eigenvalue weighted by Gasteiger charge is 2.07. The number of pyridine rings is 1. The number of anilines is 1. The van der Waals surface area contributed by atoms with Gasteiger partial charge in [-0.1, -0.05) is 6.07 Å². The number of imidazole rings is 1. The molecule has 3 rings (SSSR count). The number of aryl methyl sites for hydroxylation is 1. The normalized spacial score (nSPS) is 11.2. The van der Waals surface area contributed by atoms with Crippen LogP contribution in [0.25, 0.3) is 10.9 Å². The third kappa shape index (κ3) is 2.61. The van der Waals surface area contributed by atoms with Crippen molar-refractivity contribution in [1.29, 1.82) is 0 Å². The van der Waals surface area contributed by atoms with Gasteiger partial charge in [0.25, 0.3) is 0 Å². The summed E-state index contributed by atoms with van der Waals surface area (Å²) in [6.45, 7) is 7.17. The first-order chi connectivity index (χ1) is 10.2. The maximum absolute atomic E-state index is 4.47. The standard InChI is InChI=1S/C17H20N4/c1-12(2)21-11-18-9-14(21)10-20-16-7-6-13(3)17-15(16)5-4-8-19-17/h4-9,11-12,20H,10H2,1-3H3. The minimum Gasteiger partial charge on any atom is -0.379 e. The van der Waals surface area contributed by atoms with Crippen molar-refractivity contribution in [1.82, 2.24) is 14.5 Å². The first-order valence-electron chi connectivity index (χ1n) is 7.25. The van der Waals surface area contributed by atoms with Crippen molar-refractivity contribution < 1.29 is 0 Å². The summed E-state index contributed by atoms with van der Waals surface area (Å²) in [5.74, 6) is 0. The zero-order valence-electron chi connectivity index (χ0n) is 12.7. The van der Waals surface area contributed by atoms with Crippen molar-refractivity contribution in [3.05, 3.63) is 54.2 Å². The van der Waals surface area contributed by atoms with Gasteiger partial charge in [0.2, 0.25) is 0 Å². The van der Waals surface area contributed by atoms with Crippen LogP contribution in [0, 0.1) is 6.92 Å². The molecule has 0 aliphatic rings. The fourth-order valence-electron chi connectivity index (χ4n) is 2.59. The Morgan fingerprint density at radius 3 is 2.90 bits per heavy atom. The van der Waals surface area contributed by atoms with Gasteiger partial charge in [0, 0.05) is 29.5 Å². The Balaban J connectivity index is 1.89. The zero-order valence-corrected chi connectivity index (χ0v) is 12.7. The minimum atomic E-state index is 0.417. The Labute approximate surface area is 124 Å². The van der Waals surface area contributed by atoms with Crippen LogP contribution in [0.3, 0.4) is 0 Å². The molecule has 0 aliphatic heterocycles. The van der Waals surface area contributed by atoms with E-state index in [1.165, 1.54) is 11.3 Å². The molecule has 3 aromatic rings. The molecule has 0 aliphatic carbocycles. The van der Waals surface area contributed by atoms with Crippen LogP contribution in [-0.2, 0) is 6.54 Å². The van der Waals surface area contributed by atoms with Gasteiger partial charge in [-0.3, -0.25) is 4.98 Å². The highest BCUT2D eigenvalue weighted by atomic mass is 15.1. The molecular weight excluding hydrogens is 260 g/mol. The van der Waals surface area contributed by atoms with Gasteiger partial charge in [-0.05, 0) is 44.5 Å². The van der Waals surface area contributed by atoms with E-state index in [1.807, 2.05) is 24.8 Å². The van der Waals surface area contributed by atoms with Gasteiger partial charge < -0.3 is 9.88 Å². The van der Waals surface area contributed by atoms with Gasteiger partial charge in [-0.2, -0.15) is 0 Å². The van der Waals surface area contributed by atoms with Crippen LogP contribution < -0.4 is 5.32 Å². The summed E-state index contributed by atoms with van der Waals surface area (Å²) in [6, 6.07) is 8.73. The molecule has 0 saturated heterocycles. The Kier molecular flexibility index (Phi) is 3.60. The number of nitrogens with zero attached hydrogens (tertiary/aromatic N) is 3. The summed E-state index contributed by atoms with van der Waals surface area (Å²) < 4.78 is 2.18. The van der Waals surface area contributed by atoms with E-state index in [-0.39, 0.29) is 0 Å². The Bertz CT molecular complexity index is 758. The van der Waals surface area contributed by atoms with E-state index < -0.39 is 0 Å². The summed E-state index contributed by atoms with van der Waals surface area (Å²) in [4.78, 5) is 8.72. The molecule has 0 atom stereocenters. The summed E-state index contributed by atoms with van der Waals surface area (Å²) in [7, 11) is 0. The van der Waals surface area contributed by atoms with Crippen molar-refractivity contribution in [2.24, 2.45) is 0 Å². The van der Waals surface area contributed by atoms with Gasteiger partial charge in [-0.15, -0.1) is 0 Å². The molecule has 0 fully saturated rings. The fraction of sp³-hybridized carbons (Fsp3) is 0.294. The topological polar surface area (TPSA) is 42.7 Å². The molecule has 4 heteroatoms. The molecule has 108 valence electrons. The maximum Gasteiger partial charge on any atom is 0.0951 e. The largest absolute Gasteiger partial charge is 0.379 e. The summed E-state index contributed by atoms with van der Waals surface area (Å²) in [5, 5.41) is 4.67. The lowest BCUT2D eigenvalue weighted by Crippen LogP contribution is -2.09. The van der Waals surface area contributed by atoms with Crippen molar-refractivity contribution in [3.8, 4) is 0 Å². The molecule has 1 N–H and O–H groups in total. The monoisotopic (exact) mass is 280 g/mol. The first-order valence-corrected chi connectivity index (χ1v) is 7.25. The number of aromatic nitrogens is 3. The minimum absolute atomic E-state index is 0.417. The highest BCUT2D eigenvalue weighted by Crippen LogP contribution is 2.25. The fourth-order valence-corrected chi connectivity index (χ4v) is 2.59. The lowest BCUT2D eigenvalue weighted by atomic mass is 10.1. The molecule has 0 unspecified atom stereocenters. The van der Waals surface area contributed by atoms with E-state index in [0.717, 1.165) is 23.1 Å². The van der Waals surface area contributed by atoms with Gasteiger partial charge in [-0.25, -0.2) is 4.98 Å². The second kappa shape index (κ2) is 5.56. The molecule has 2 heterocycles. The average Bonchev–Trinajstić information content (AvgIpc) is 2.96. The molecular formula is C17H20N4. The second-order valence-electron chi connectivity index (χ2n) is 5.57. The second-order valence-corrected chi connectivity index (χ2v) is 5.57. The van der Waals surface area contributed by atoms with Crippen LogP contribution in [-0.4, -0.2) is 14.5 Å². The van der Waals surface area contributed by atoms with Crippen molar-refractivity contribution >= 4 is 16.6 Å². The first kappa shape index (κ1) is 13.6. The number of hydrogen-bond donors (Lipinski definition) is 1. The van der Waals surface area contributed by atoms with E-state index in [4.69, 9.17) is 0 Å². The Hall–Kier alpha value is -2.36. The summed E-state index contributed by atoms with van der Waals surface area (Å²) >= 11 is 0. The third-order valence-corrected chi connectivity index (χ3v) is 3.73. The molecule has 2 aromatic heterocycles. The quantitative estimate of drug-likeness (QED) is 0.787. The van der Waals surface area contributed by atoms with Crippen LogP contribution in [0.15, 0.2) is 43.0 Å². The van der Waals surface area contributed by atoms with Gasteiger partial charge in [0.15, 0.2) is 0 Å². The molecule has 0 amide bonds. The molecule has 0 radical (unpaired) electrons. The molecule has 0 bridgehead atoms. The number of fused-ring (bicyclic) bond motifs is 1. The lowest BCUT2D eigenvalue weighted by Gasteiger charge is -2.14. The van der Waals surface area contributed by atoms with E-state index in [1.54, 1.807) is 0 Å². The van der Waals surface area contributed by atoms with Crippen molar-refractivity contribution in [2.75, 3.05) is 5.32 Å². The number of nitrogens with one attached hydrogen (secondary N) is 1. The van der Waals surface area contributed by atoms with Crippen LogP contribution in [0.4, 0.5) is 5.69 Å². The SMILES string of the molecule is Cc1ccc(NCc2cncn2C(C)C)c2cccnc12. The maximum atomic E-state index is 4.47. The summed E-state index contributed by atoms with van der Waals surface area (Å²) in [5.41, 5.74) is 4.55. The lowest BCUT2D eigenvalue weighted by molar-refractivity contribution is 0.577. The Morgan fingerprint density at radius 2 is 2.10 bits per heavy atom. The van der Waals surface area contributed by atoms with Gasteiger partial charge >= 0.3 is 0 Å². The van der Waals surface area contributed by atoms with E-state index in [9.17, 15) is 0 Å². The van der Waals surface area contributed by atoms with E-state index >= 15 is 0 Å². The Morgan fingerprint density at radius 1 is 1.24 bits per heavy atom. The van der Waals surface area contributed by atoms with E-state index in [0.29, 0.717) is 6.04 Å². The predicted molar refractivity (Wildman–Crippen MR) is 86.4 cm³/mol. The van der Waals surface area contributed by atoms with Crippen molar-refractivity contribution in [2.45, 2.75) is 33.4 Å². The summed E-state index contributed by atoms with van der Waals surface area (Å²) in [6.07, 6.45) is 5.64. The van der Waals surface area contributed by atoms with Gasteiger partial charge in [0.05, 0.1) is 24.1 Å². The van der Waals surface area contributed by atoms with Gasteiger partial charge in [0.1, 0.15) is 0 Å². The molecule has 4 nitrogen and oxygen atoms in total. The molecule has 21 heavy (non-hydrogen) atoms. The smallest absolute Gasteiger partial charge is 0.0951 e. The van der Waals surface area contributed by atoms with Crippen LogP contribution in [0.5, 0.6) is 0 Å². The predicted octanol–water partition coefficient (Wildman–Crippen LogP) is 3.93. The van der Waals surface area contributed by atoms with Crippen LogP contribution >= 0.6 is 0 Å². The molecule has 0 spiro atoms. The van der Waals surface area contributed by atoms with Crippen LogP contribution in [0.2, 0.25) is 0 Å². The zero-order chi connectivity index (χ0) is 14.8. The number of benzene rings is 1.